The molecule has 1 aliphatic rings. The number of hydrogen-bond acceptors (Lipinski definition) is 4. The largest absolute Gasteiger partial charge is 0.317 e. The van der Waals surface area contributed by atoms with Gasteiger partial charge >= 0.3 is 0 Å². The average molecular weight is 300 g/mol. The Morgan fingerprint density at radius 3 is 2.85 bits per heavy atom. The Hall–Kier alpha value is -0.920. The van der Waals surface area contributed by atoms with Crippen molar-refractivity contribution in [3.8, 4) is 0 Å². The van der Waals surface area contributed by atoms with Gasteiger partial charge in [-0.05, 0) is 38.3 Å². The summed E-state index contributed by atoms with van der Waals surface area (Å²) >= 11 is 0. The van der Waals surface area contributed by atoms with Crippen molar-refractivity contribution in [2.45, 2.75) is 50.6 Å². The second kappa shape index (κ2) is 6.69. The predicted octanol–water partition coefficient (Wildman–Crippen LogP) is 0.960. The molecule has 1 aromatic heterocycles. The topological polar surface area (TPSA) is 76.0 Å². The molecule has 1 aromatic rings. The SMILES string of the molecule is CCNCCCn1cc(S(=O)(=O)NC2CC(C)C2)cn1. The quantitative estimate of drug-likeness (QED) is 0.701. The van der Waals surface area contributed by atoms with E-state index in [1.54, 1.807) is 10.9 Å². The van der Waals surface area contributed by atoms with Gasteiger partial charge in [-0.15, -0.1) is 0 Å². The van der Waals surface area contributed by atoms with Crippen LogP contribution in [0.4, 0.5) is 0 Å². The molecule has 0 amide bonds. The van der Waals surface area contributed by atoms with Gasteiger partial charge in [0.1, 0.15) is 4.90 Å². The zero-order valence-corrected chi connectivity index (χ0v) is 13.0. The third kappa shape index (κ3) is 4.04. The molecular formula is C13H24N4O2S. The van der Waals surface area contributed by atoms with E-state index in [1.165, 1.54) is 6.20 Å². The van der Waals surface area contributed by atoms with E-state index < -0.39 is 10.0 Å². The first-order valence-electron chi connectivity index (χ1n) is 7.26. The summed E-state index contributed by atoms with van der Waals surface area (Å²) in [5, 5.41) is 7.35. The van der Waals surface area contributed by atoms with Crippen LogP contribution in [0.25, 0.3) is 0 Å². The number of hydrogen-bond donors (Lipinski definition) is 2. The predicted molar refractivity (Wildman–Crippen MR) is 77.9 cm³/mol. The molecule has 0 unspecified atom stereocenters. The Balaban J connectivity index is 1.87. The van der Waals surface area contributed by atoms with Crippen molar-refractivity contribution < 1.29 is 8.42 Å². The van der Waals surface area contributed by atoms with Crippen LogP contribution in [0.1, 0.15) is 33.1 Å². The van der Waals surface area contributed by atoms with Crippen molar-refractivity contribution in [1.29, 1.82) is 0 Å². The maximum Gasteiger partial charge on any atom is 0.243 e. The number of nitrogens with zero attached hydrogens (tertiary/aromatic N) is 2. The molecule has 1 fully saturated rings. The lowest BCUT2D eigenvalue weighted by atomic mass is 9.83. The van der Waals surface area contributed by atoms with Crippen LogP contribution < -0.4 is 10.0 Å². The molecule has 0 spiro atoms. The van der Waals surface area contributed by atoms with Gasteiger partial charge in [-0.25, -0.2) is 13.1 Å². The second-order valence-corrected chi connectivity index (χ2v) is 7.25. The van der Waals surface area contributed by atoms with Gasteiger partial charge in [-0.1, -0.05) is 13.8 Å². The van der Waals surface area contributed by atoms with Gasteiger partial charge in [0, 0.05) is 18.8 Å². The van der Waals surface area contributed by atoms with Gasteiger partial charge in [0.25, 0.3) is 0 Å². The molecule has 7 heteroatoms. The Bertz CT molecular complexity index is 520. The Morgan fingerprint density at radius 2 is 2.20 bits per heavy atom. The van der Waals surface area contributed by atoms with Crippen LogP contribution in [0.5, 0.6) is 0 Å². The Labute approximate surface area is 121 Å². The van der Waals surface area contributed by atoms with Crippen molar-refractivity contribution in [3.63, 3.8) is 0 Å². The fourth-order valence-corrected chi connectivity index (χ4v) is 3.65. The Morgan fingerprint density at radius 1 is 1.45 bits per heavy atom. The molecule has 1 aliphatic carbocycles. The van der Waals surface area contributed by atoms with E-state index in [0.717, 1.165) is 38.9 Å². The maximum atomic E-state index is 12.2. The molecule has 0 radical (unpaired) electrons. The monoisotopic (exact) mass is 300 g/mol. The molecule has 0 atom stereocenters. The molecule has 114 valence electrons. The minimum atomic E-state index is -3.41. The van der Waals surface area contributed by atoms with Crippen molar-refractivity contribution in [2.24, 2.45) is 5.92 Å². The van der Waals surface area contributed by atoms with Crippen LogP contribution in [-0.2, 0) is 16.6 Å². The summed E-state index contributed by atoms with van der Waals surface area (Å²) in [4.78, 5) is 0.264. The zero-order chi connectivity index (χ0) is 14.6. The van der Waals surface area contributed by atoms with Crippen LogP contribution in [0.3, 0.4) is 0 Å². The summed E-state index contributed by atoms with van der Waals surface area (Å²) in [7, 11) is -3.41. The number of aryl methyl sites for hydroxylation is 1. The highest BCUT2D eigenvalue weighted by molar-refractivity contribution is 7.89. The van der Waals surface area contributed by atoms with Crippen molar-refractivity contribution in [2.75, 3.05) is 13.1 Å². The lowest BCUT2D eigenvalue weighted by Crippen LogP contribution is -2.43. The van der Waals surface area contributed by atoms with E-state index >= 15 is 0 Å². The van der Waals surface area contributed by atoms with Gasteiger partial charge in [-0.3, -0.25) is 4.68 Å². The smallest absolute Gasteiger partial charge is 0.243 e. The molecule has 0 aliphatic heterocycles. The third-order valence-electron chi connectivity index (χ3n) is 3.61. The van der Waals surface area contributed by atoms with E-state index in [4.69, 9.17) is 0 Å². The maximum absolute atomic E-state index is 12.2. The van der Waals surface area contributed by atoms with E-state index in [0.29, 0.717) is 5.92 Å². The molecule has 0 saturated heterocycles. The highest BCUT2D eigenvalue weighted by Gasteiger charge is 2.30. The first-order valence-corrected chi connectivity index (χ1v) is 8.75. The first-order chi connectivity index (χ1) is 9.51. The van der Waals surface area contributed by atoms with Crippen LogP contribution in [-0.4, -0.2) is 37.3 Å². The number of sulfonamides is 1. The molecule has 2 N–H and O–H groups in total. The molecule has 2 rings (SSSR count). The summed E-state index contributed by atoms with van der Waals surface area (Å²) < 4.78 is 28.7. The summed E-state index contributed by atoms with van der Waals surface area (Å²) in [6.07, 6.45) is 5.82. The van der Waals surface area contributed by atoms with Gasteiger partial charge in [0.15, 0.2) is 0 Å². The zero-order valence-electron chi connectivity index (χ0n) is 12.2. The van der Waals surface area contributed by atoms with E-state index in [1.807, 2.05) is 0 Å². The summed E-state index contributed by atoms with van der Waals surface area (Å²) in [6, 6.07) is 0.0899. The molecule has 0 aromatic carbocycles. The minimum absolute atomic E-state index is 0.0899. The van der Waals surface area contributed by atoms with E-state index in [-0.39, 0.29) is 10.9 Å². The molecule has 0 bridgehead atoms. The average Bonchev–Trinajstić information content (AvgIpc) is 2.82. The van der Waals surface area contributed by atoms with Gasteiger partial charge in [0.2, 0.25) is 10.0 Å². The number of aromatic nitrogens is 2. The normalized spacial score (nSPS) is 22.7. The molecule has 20 heavy (non-hydrogen) atoms. The summed E-state index contributed by atoms with van der Waals surface area (Å²) in [6.45, 7) is 6.78. The Kier molecular flexibility index (Phi) is 5.17. The van der Waals surface area contributed by atoms with Gasteiger partial charge < -0.3 is 5.32 Å². The van der Waals surface area contributed by atoms with Crippen molar-refractivity contribution in [1.82, 2.24) is 19.8 Å². The number of rotatable bonds is 8. The third-order valence-corrected chi connectivity index (χ3v) is 5.08. The van der Waals surface area contributed by atoms with E-state index in [2.05, 4.69) is 29.0 Å². The molecule has 6 nitrogen and oxygen atoms in total. The number of nitrogens with one attached hydrogen (secondary N) is 2. The summed E-state index contributed by atoms with van der Waals surface area (Å²) in [5.41, 5.74) is 0. The first kappa shape index (κ1) is 15.5. The molecule has 1 heterocycles. The highest BCUT2D eigenvalue weighted by Crippen LogP contribution is 2.27. The molecular weight excluding hydrogens is 276 g/mol. The van der Waals surface area contributed by atoms with Crippen molar-refractivity contribution in [3.05, 3.63) is 12.4 Å². The van der Waals surface area contributed by atoms with Gasteiger partial charge in [-0.2, -0.15) is 5.10 Å². The van der Waals surface area contributed by atoms with Crippen molar-refractivity contribution >= 4 is 10.0 Å². The second-order valence-electron chi connectivity index (χ2n) is 5.54. The highest BCUT2D eigenvalue weighted by atomic mass is 32.2. The van der Waals surface area contributed by atoms with Crippen LogP contribution in [0.15, 0.2) is 17.3 Å². The fourth-order valence-electron chi connectivity index (χ4n) is 2.43. The minimum Gasteiger partial charge on any atom is -0.317 e. The van der Waals surface area contributed by atoms with Crippen LogP contribution >= 0.6 is 0 Å². The van der Waals surface area contributed by atoms with Crippen LogP contribution in [0, 0.1) is 5.92 Å². The summed E-state index contributed by atoms with van der Waals surface area (Å²) in [5.74, 6) is 0.622. The molecule has 1 saturated carbocycles. The lowest BCUT2D eigenvalue weighted by Gasteiger charge is -2.32. The fraction of sp³-hybridized carbons (Fsp3) is 0.769. The standard InChI is InChI=1S/C13H24N4O2S/c1-3-14-5-4-6-17-10-13(9-15-17)20(18,19)16-12-7-11(2)8-12/h9-12,14,16H,3-8H2,1-2H3. The van der Waals surface area contributed by atoms with E-state index in [9.17, 15) is 8.42 Å². The lowest BCUT2D eigenvalue weighted by molar-refractivity contribution is 0.270. The van der Waals surface area contributed by atoms with Crippen LogP contribution in [0.2, 0.25) is 0 Å². The van der Waals surface area contributed by atoms with Gasteiger partial charge in [0.05, 0.1) is 6.20 Å².